The molecule has 1 saturated heterocycles. The number of hydrogen-bond acceptors (Lipinski definition) is 3. The summed E-state index contributed by atoms with van der Waals surface area (Å²) in [6, 6.07) is 7.43. The van der Waals surface area contributed by atoms with Crippen LogP contribution in [0.15, 0.2) is 24.3 Å². The number of fused-ring (bicyclic) bond motifs is 3. The monoisotopic (exact) mass is 217 g/mol. The minimum Gasteiger partial charge on any atom is -0.455 e. The van der Waals surface area contributed by atoms with Gasteiger partial charge in [0.15, 0.2) is 6.10 Å². The highest BCUT2D eigenvalue weighted by molar-refractivity contribution is 5.96. The quantitative estimate of drug-likeness (QED) is 0.617. The number of rotatable bonds is 0. The summed E-state index contributed by atoms with van der Waals surface area (Å²) in [5.74, 6) is -0.269. The zero-order chi connectivity index (χ0) is 11.3. The fourth-order valence-corrected chi connectivity index (χ4v) is 2.57. The van der Waals surface area contributed by atoms with Crippen molar-refractivity contribution in [2.75, 3.05) is 4.90 Å². The van der Waals surface area contributed by atoms with Gasteiger partial charge in [-0.2, -0.15) is 0 Å². The van der Waals surface area contributed by atoms with Crippen molar-refractivity contribution in [3.63, 3.8) is 0 Å². The van der Waals surface area contributed by atoms with E-state index in [1.807, 2.05) is 24.3 Å². The van der Waals surface area contributed by atoms with Crippen LogP contribution in [0.1, 0.15) is 25.0 Å². The first-order chi connectivity index (χ1) is 7.68. The van der Waals surface area contributed by atoms with Gasteiger partial charge in [0.05, 0.1) is 18.2 Å². The fourth-order valence-electron chi connectivity index (χ4n) is 2.57. The molecule has 0 bridgehead atoms. The third-order valence-corrected chi connectivity index (χ3v) is 3.16. The van der Waals surface area contributed by atoms with Crippen LogP contribution >= 0.6 is 0 Å². The molecule has 16 heavy (non-hydrogen) atoms. The second kappa shape index (κ2) is 3.07. The zero-order valence-corrected chi connectivity index (χ0v) is 8.84. The van der Waals surface area contributed by atoms with Gasteiger partial charge in [-0.3, -0.25) is 9.59 Å². The van der Waals surface area contributed by atoms with Gasteiger partial charge in [-0.25, -0.2) is 0 Å². The molecular weight excluding hydrogens is 206 g/mol. The van der Waals surface area contributed by atoms with Crippen molar-refractivity contribution in [3.8, 4) is 0 Å². The molecule has 0 spiro atoms. The van der Waals surface area contributed by atoms with Gasteiger partial charge >= 0.3 is 5.97 Å². The van der Waals surface area contributed by atoms with Crippen molar-refractivity contribution in [3.05, 3.63) is 29.8 Å². The van der Waals surface area contributed by atoms with E-state index >= 15 is 0 Å². The molecule has 82 valence electrons. The number of benzene rings is 1. The number of ether oxygens (including phenoxy) is 1. The molecule has 2 heterocycles. The first kappa shape index (κ1) is 9.39. The topological polar surface area (TPSA) is 46.6 Å². The molecule has 2 atom stereocenters. The molecule has 1 aromatic rings. The number of carbonyl (C=O) groups excluding carboxylic acids is 2. The van der Waals surface area contributed by atoms with Crippen LogP contribution in [0.5, 0.6) is 0 Å². The summed E-state index contributed by atoms with van der Waals surface area (Å²) in [7, 11) is 0. The van der Waals surface area contributed by atoms with E-state index in [1.165, 1.54) is 6.92 Å². The van der Waals surface area contributed by atoms with E-state index in [2.05, 4.69) is 0 Å². The van der Waals surface area contributed by atoms with Gasteiger partial charge in [0.2, 0.25) is 5.91 Å². The SMILES string of the molecule is CC(=O)N1c2ccccc2[C@@H]2OC(=O)C[C@@H]21. The van der Waals surface area contributed by atoms with Crippen LogP contribution in [0.2, 0.25) is 0 Å². The summed E-state index contributed by atoms with van der Waals surface area (Å²) < 4.78 is 5.26. The molecule has 4 nitrogen and oxygen atoms in total. The van der Waals surface area contributed by atoms with Crippen LogP contribution in [-0.4, -0.2) is 17.9 Å². The molecule has 3 rings (SSSR count). The van der Waals surface area contributed by atoms with E-state index in [-0.39, 0.29) is 24.0 Å². The molecule has 0 saturated carbocycles. The highest BCUT2D eigenvalue weighted by Gasteiger charge is 2.48. The Balaban J connectivity index is 2.13. The van der Waals surface area contributed by atoms with Crippen LogP contribution < -0.4 is 4.90 Å². The molecule has 1 fully saturated rings. The Morgan fingerprint density at radius 2 is 2.19 bits per heavy atom. The van der Waals surface area contributed by atoms with Gasteiger partial charge in [-0.15, -0.1) is 0 Å². The molecule has 1 aromatic carbocycles. The van der Waals surface area contributed by atoms with Crippen molar-refractivity contribution >= 4 is 17.6 Å². The number of carbonyl (C=O) groups is 2. The van der Waals surface area contributed by atoms with E-state index in [0.717, 1.165) is 11.3 Å². The molecule has 0 unspecified atom stereocenters. The number of amides is 1. The lowest BCUT2D eigenvalue weighted by Gasteiger charge is -2.20. The molecule has 0 aliphatic carbocycles. The summed E-state index contributed by atoms with van der Waals surface area (Å²) in [4.78, 5) is 24.6. The largest absolute Gasteiger partial charge is 0.455 e. The Labute approximate surface area is 92.8 Å². The lowest BCUT2D eigenvalue weighted by molar-refractivity contribution is -0.141. The van der Waals surface area contributed by atoms with Gasteiger partial charge < -0.3 is 9.64 Å². The maximum atomic E-state index is 11.6. The first-order valence-corrected chi connectivity index (χ1v) is 5.26. The molecule has 0 radical (unpaired) electrons. The summed E-state index contributed by atoms with van der Waals surface area (Å²) in [6.07, 6.45) is 0.0199. The Bertz CT molecular complexity index is 483. The molecule has 2 aliphatic rings. The smallest absolute Gasteiger partial charge is 0.308 e. The fraction of sp³-hybridized carbons (Fsp3) is 0.333. The average molecular weight is 217 g/mol. The predicted molar refractivity (Wildman–Crippen MR) is 56.8 cm³/mol. The summed E-state index contributed by atoms with van der Waals surface area (Å²) in [5.41, 5.74) is 1.81. The van der Waals surface area contributed by atoms with Crippen molar-refractivity contribution in [1.29, 1.82) is 0 Å². The van der Waals surface area contributed by atoms with E-state index in [1.54, 1.807) is 4.90 Å². The molecule has 0 aromatic heterocycles. The third kappa shape index (κ3) is 1.10. The van der Waals surface area contributed by atoms with E-state index in [0.29, 0.717) is 6.42 Å². The van der Waals surface area contributed by atoms with Gasteiger partial charge in [0.1, 0.15) is 0 Å². The van der Waals surface area contributed by atoms with E-state index in [9.17, 15) is 9.59 Å². The normalized spacial score (nSPS) is 26.3. The third-order valence-electron chi connectivity index (χ3n) is 3.16. The molecule has 1 amide bonds. The van der Waals surface area contributed by atoms with E-state index in [4.69, 9.17) is 4.74 Å². The van der Waals surface area contributed by atoms with Crippen molar-refractivity contribution < 1.29 is 14.3 Å². The Hall–Kier alpha value is -1.84. The summed E-state index contributed by atoms with van der Waals surface area (Å²) in [6.45, 7) is 1.52. The zero-order valence-electron chi connectivity index (χ0n) is 8.84. The van der Waals surface area contributed by atoms with Gasteiger partial charge in [-0.1, -0.05) is 18.2 Å². The molecule has 0 N–H and O–H groups in total. The maximum absolute atomic E-state index is 11.6. The van der Waals surface area contributed by atoms with Crippen LogP contribution in [0.25, 0.3) is 0 Å². The number of esters is 1. The minimum atomic E-state index is -0.271. The minimum absolute atomic E-state index is 0.0433. The standard InChI is InChI=1S/C12H11NO3/c1-7(14)13-9-5-3-2-4-8(9)12-10(13)6-11(15)16-12/h2-5,10,12H,6H2,1H3/t10-,12-/m0/s1. The van der Waals surface area contributed by atoms with Crippen LogP contribution in [-0.2, 0) is 14.3 Å². The molecule has 2 aliphatic heterocycles. The van der Waals surface area contributed by atoms with Crippen molar-refractivity contribution in [2.24, 2.45) is 0 Å². The highest BCUT2D eigenvalue weighted by atomic mass is 16.6. The van der Waals surface area contributed by atoms with Crippen molar-refractivity contribution in [1.82, 2.24) is 0 Å². The Morgan fingerprint density at radius 3 is 2.94 bits per heavy atom. The second-order valence-corrected chi connectivity index (χ2v) is 4.13. The Kier molecular flexibility index (Phi) is 1.80. The van der Waals surface area contributed by atoms with Crippen LogP contribution in [0, 0.1) is 0 Å². The van der Waals surface area contributed by atoms with Gasteiger partial charge in [0.25, 0.3) is 0 Å². The maximum Gasteiger partial charge on any atom is 0.308 e. The number of hydrogen-bond donors (Lipinski definition) is 0. The molecule has 4 heteroatoms. The van der Waals surface area contributed by atoms with Gasteiger partial charge in [-0.05, 0) is 6.07 Å². The lowest BCUT2D eigenvalue weighted by atomic mass is 10.1. The summed E-state index contributed by atoms with van der Waals surface area (Å²) >= 11 is 0. The van der Waals surface area contributed by atoms with E-state index < -0.39 is 0 Å². The van der Waals surface area contributed by atoms with Crippen LogP contribution in [0.3, 0.4) is 0 Å². The Morgan fingerprint density at radius 1 is 1.44 bits per heavy atom. The number of nitrogens with zero attached hydrogens (tertiary/aromatic N) is 1. The predicted octanol–water partition coefficient (Wildman–Crippen LogP) is 1.41. The second-order valence-electron chi connectivity index (χ2n) is 4.13. The highest BCUT2D eigenvalue weighted by Crippen LogP contribution is 2.46. The first-order valence-electron chi connectivity index (χ1n) is 5.26. The molecular formula is C12H11NO3. The number of anilines is 1. The van der Waals surface area contributed by atoms with Crippen molar-refractivity contribution in [2.45, 2.75) is 25.5 Å². The summed E-state index contributed by atoms with van der Waals surface area (Å²) in [5, 5.41) is 0. The number of para-hydroxylation sites is 1. The van der Waals surface area contributed by atoms with Crippen LogP contribution in [0.4, 0.5) is 5.69 Å². The van der Waals surface area contributed by atoms with Gasteiger partial charge in [0, 0.05) is 12.5 Å². The average Bonchev–Trinajstić information content (AvgIpc) is 2.72. The lowest BCUT2D eigenvalue weighted by Crippen LogP contribution is -2.35.